The number of fused-ring (bicyclic) bond motifs is 2. The van der Waals surface area contributed by atoms with Crippen LogP contribution in [-0.4, -0.2) is 106 Å². The number of morpholine rings is 1. The van der Waals surface area contributed by atoms with E-state index in [1.807, 2.05) is 19.0 Å². The maximum absolute atomic E-state index is 14.1. The van der Waals surface area contributed by atoms with Crippen molar-refractivity contribution in [1.82, 2.24) is 14.1 Å². The normalized spacial score (nSPS) is 23.1. The van der Waals surface area contributed by atoms with E-state index in [0.717, 1.165) is 0 Å². The molecule has 1 N–H and O–H groups in total. The molecule has 1 spiro atoms. The highest BCUT2D eigenvalue weighted by molar-refractivity contribution is 7.89. The van der Waals surface area contributed by atoms with Crippen LogP contribution in [0.2, 0.25) is 0 Å². The van der Waals surface area contributed by atoms with Gasteiger partial charge in [-0.05, 0) is 45.3 Å². The number of sulfonamides is 1. The van der Waals surface area contributed by atoms with Gasteiger partial charge in [-0.25, -0.2) is 8.42 Å². The maximum Gasteiger partial charge on any atom is 0.296 e. The third-order valence-electron chi connectivity index (χ3n) is 7.64. The first kappa shape index (κ1) is 28.0. The SMILES string of the molecule is CN(C)CCCN1C(=O)C(=O)C(=C(O)c2cccc(S(=O)(=O)N3CCOCC3)c2)[C@]12C(=O)N(C)c1ccccc12. The number of hydrogen-bond acceptors (Lipinski definition) is 8. The molecule has 0 radical (unpaired) electrons. The Balaban J connectivity index is 1.69. The van der Waals surface area contributed by atoms with E-state index >= 15 is 0 Å². The number of para-hydroxylation sites is 1. The summed E-state index contributed by atoms with van der Waals surface area (Å²) >= 11 is 0. The van der Waals surface area contributed by atoms with E-state index in [9.17, 15) is 27.9 Å². The van der Waals surface area contributed by atoms with Crippen LogP contribution in [-0.2, 0) is 34.7 Å². The summed E-state index contributed by atoms with van der Waals surface area (Å²) < 4.78 is 33.2. The second kappa shape index (κ2) is 10.4. The number of likely N-dealkylation sites (tertiary alicyclic amines) is 1. The zero-order chi connectivity index (χ0) is 28.8. The van der Waals surface area contributed by atoms with Crippen LogP contribution in [0.5, 0.6) is 0 Å². The van der Waals surface area contributed by atoms with Crippen LogP contribution in [0.1, 0.15) is 17.5 Å². The Morgan fingerprint density at radius 2 is 1.75 bits per heavy atom. The minimum Gasteiger partial charge on any atom is -0.507 e. The highest BCUT2D eigenvalue weighted by atomic mass is 32.2. The highest BCUT2D eigenvalue weighted by Crippen LogP contribution is 2.53. The molecule has 3 heterocycles. The van der Waals surface area contributed by atoms with Crippen molar-refractivity contribution in [2.45, 2.75) is 16.9 Å². The van der Waals surface area contributed by atoms with Crippen molar-refractivity contribution in [2.75, 3.05) is 65.4 Å². The van der Waals surface area contributed by atoms with Crippen molar-refractivity contribution < 1.29 is 32.6 Å². The minimum absolute atomic E-state index is 0.0137. The molecule has 3 aliphatic heterocycles. The molecule has 12 heteroatoms. The fourth-order valence-corrected chi connectivity index (χ4v) is 7.15. The third-order valence-corrected chi connectivity index (χ3v) is 9.54. The van der Waals surface area contributed by atoms with Crippen LogP contribution in [0.4, 0.5) is 5.69 Å². The van der Waals surface area contributed by atoms with E-state index in [-0.39, 0.29) is 48.9 Å². The molecule has 2 saturated heterocycles. The van der Waals surface area contributed by atoms with Gasteiger partial charge in [0.1, 0.15) is 5.76 Å². The van der Waals surface area contributed by atoms with Crippen molar-refractivity contribution in [3.63, 3.8) is 0 Å². The van der Waals surface area contributed by atoms with E-state index in [1.165, 1.54) is 38.4 Å². The second-order valence-corrected chi connectivity index (χ2v) is 12.2. The molecule has 5 rings (SSSR count). The molecule has 1 atom stereocenters. The van der Waals surface area contributed by atoms with E-state index in [4.69, 9.17) is 4.74 Å². The van der Waals surface area contributed by atoms with Crippen molar-refractivity contribution in [2.24, 2.45) is 0 Å². The van der Waals surface area contributed by atoms with Crippen molar-refractivity contribution in [3.8, 4) is 0 Å². The Hall–Kier alpha value is -3.58. The van der Waals surface area contributed by atoms with Crippen LogP contribution in [0.25, 0.3) is 5.76 Å². The molecule has 3 aliphatic rings. The van der Waals surface area contributed by atoms with Gasteiger partial charge in [-0.15, -0.1) is 0 Å². The number of nitrogens with zero attached hydrogens (tertiary/aromatic N) is 4. The molecule has 2 aromatic rings. The summed E-state index contributed by atoms with van der Waals surface area (Å²) in [7, 11) is 1.41. The molecule has 212 valence electrons. The number of ether oxygens (including phenoxy) is 1. The summed E-state index contributed by atoms with van der Waals surface area (Å²) in [6, 6.07) is 12.4. The van der Waals surface area contributed by atoms with Gasteiger partial charge in [-0.3, -0.25) is 14.4 Å². The molecular formula is C28H32N4O7S. The van der Waals surface area contributed by atoms with Crippen molar-refractivity contribution in [3.05, 3.63) is 65.2 Å². The van der Waals surface area contributed by atoms with Gasteiger partial charge < -0.3 is 24.5 Å². The lowest BCUT2D eigenvalue weighted by atomic mass is 9.82. The average Bonchev–Trinajstić information content (AvgIpc) is 3.31. The van der Waals surface area contributed by atoms with Crippen LogP contribution in [0, 0.1) is 0 Å². The number of hydrogen-bond donors (Lipinski definition) is 1. The molecule has 11 nitrogen and oxygen atoms in total. The molecule has 0 aromatic heterocycles. The maximum atomic E-state index is 14.1. The Bertz CT molecular complexity index is 1510. The van der Waals surface area contributed by atoms with E-state index in [0.29, 0.717) is 24.2 Å². The van der Waals surface area contributed by atoms with E-state index in [2.05, 4.69) is 0 Å². The average molecular weight is 569 g/mol. The molecule has 40 heavy (non-hydrogen) atoms. The quantitative estimate of drug-likeness (QED) is 0.300. The molecular weight excluding hydrogens is 536 g/mol. The second-order valence-electron chi connectivity index (χ2n) is 10.3. The smallest absolute Gasteiger partial charge is 0.296 e. The lowest BCUT2D eigenvalue weighted by Gasteiger charge is -2.34. The summed E-state index contributed by atoms with van der Waals surface area (Å²) in [5.41, 5.74) is -1.31. The molecule has 0 bridgehead atoms. The number of Topliss-reactive ketones (excluding diaryl/α,β-unsaturated/α-hetero) is 1. The molecule has 2 fully saturated rings. The molecule has 2 amide bonds. The fourth-order valence-electron chi connectivity index (χ4n) is 5.70. The summed E-state index contributed by atoms with van der Waals surface area (Å²) in [5.74, 6) is -3.04. The summed E-state index contributed by atoms with van der Waals surface area (Å²) in [5, 5.41) is 11.7. The van der Waals surface area contributed by atoms with Gasteiger partial charge in [-0.1, -0.05) is 30.3 Å². The lowest BCUT2D eigenvalue weighted by Crippen LogP contribution is -2.51. The number of ketones is 1. The molecule has 0 saturated carbocycles. The fraction of sp³-hybridized carbons (Fsp3) is 0.393. The Kier molecular flexibility index (Phi) is 7.29. The number of likely N-dealkylation sites (N-methyl/N-ethyl adjacent to an activating group) is 1. The highest BCUT2D eigenvalue weighted by Gasteiger charge is 2.66. The number of anilines is 1. The predicted octanol–water partition coefficient (Wildman–Crippen LogP) is 1.21. The van der Waals surface area contributed by atoms with E-state index < -0.39 is 38.9 Å². The largest absolute Gasteiger partial charge is 0.507 e. The van der Waals surface area contributed by atoms with Crippen LogP contribution in [0.3, 0.4) is 0 Å². The number of aliphatic hydroxyl groups excluding tert-OH is 1. The van der Waals surface area contributed by atoms with Gasteiger partial charge >= 0.3 is 0 Å². The zero-order valence-electron chi connectivity index (χ0n) is 22.7. The van der Waals surface area contributed by atoms with E-state index in [1.54, 1.807) is 31.3 Å². The summed E-state index contributed by atoms with van der Waals surface area (Å²) in [4.78, 5) is 45.7. The topological polar surface area (TPSA) is 128 Å². The summed E-state index contributed by atoms with van der Waals surface area (Å²) in [6.07, 6.45) is 0.480. The number of aliphatic hydroxyl groups is 1. The van der Waals surface area contributed by atoms with Gasteiger partial charge in [0.05, 0.1) is 23.7 Å². The van der Waals surface area contributed by atoms with Gasteiger partial charge in [0.15, 0.2) is 5.54 Å². The third kappa shape index (κ3) is 4.22. The van der Waals surface area contributed by atoms with Crippen molar-refractivity contribution >= 4 is 39.1 Å². The Morgan fingerprint density at radius 1 is 1.05 bits per heavy atom. The predicted molar refractivity (Wildman–Crippen MR) is 147 cm³/mol. The van der Waals surface area contributed by atoms with Crippen LogP contribution in [0.15, 0.2) is 59.0 Å². The molecule has 2 aromatic carbocycles. The first-order valence-electron chi connectivity index (χ1n) is 13.0. The van der Waals surface area contributed by atoms with Crippen LogP contribution < -0.4 is 4.90 Å². The van der Waals surface area contributed by atoms with Gasteiger partial charge in [0.25, 0.3) is 17.6 Å². The Morgan fingerprint density at radius 3 is 2.45 bits per heavy atom. The number of benzene rings is 2. The first-order chi connectivity index (χ1) is 19.0. The number of carbonyl (C=O) groups excluding carboxylic acids is 3. The first-order valence-corrected chi connectivity index (χ1v) is 14.5. The Labute approximate surface area is 233 Å². The summed E-state index contributed by atoms with van der Waals surface area (Å²) in [6.45, 7) is 1.62. The molecule has 0 unspecified atom stereocenters. The minimum atomic E-state index is -3.92. The zero-order valence-corrected chi connectivity index (χ0v) is 23.5. The number of rotatable bonds is 7. The van der Waals surface area contributed by atoms with Gasteiger partial charge in [0.2, 0.25) is 10.0 Å². The van der Waals surface area contributed by atoms with Crippen LogP contribution >= 0.6 is 0 Å². The lowest BCUT2D eigenvalue weighted by molar-refractivity contribution is -0.143. The van der Waals surface area contributed by atoms with Crippen molar-refractivity contribution in [1.29, 1.82) is 0 Å². The monoisotopic (exact) mass is 568 g/mol. The standard InChI is InChI=1S/C28H32N4O7S/c1-29(2)12-7-13-32-26(35)25(34)23(28(32)21-10-4-5-11-22(21)30(3)27(28)36)24(33)19-8-6-9-20(18-19)40(37,38)31-14-16-39-17-15-31/h4-6,8-11,18,33H,7,12-17H2,1-3H3/t28-/m1/s1. The van der Waals surface area contributed by atoms with Gasteiger partial charge in [-0.2, -0.15) is 4.31 Å². The number of carbonyl (C=O) groups is 3. The molecule has 0 aliphatic carbocycles. The number of amides is 2. The van der Waals surface area contributed by atoms with Gasteiger partial charge in [0, 0.05) is 43.5 Å².